The van der Waals surface area contributed by atoms with Gasteiger partial charge in [-0.2, -0.15) is 10.2 Å². The Morgan fingerprint density at radius 3 is 2.85 bits per heavy atom. The second kappa shape index (κ2) is 6.98. The lowest BCUT2D eigenvalue weighted by Crippen LogP contribution is -2.39. The monoisotopic (exact) mass is 387 g/mol. The van der Waals surface area contributed by atoms with Crippen LogP contribution in [0.4, 0.5) is 0 Å². The van der Waals surface area contributed by atoms with Crippen molar-refractivity contribution in [2.75, 3.05) is 0 Å². The molecule has 0 spiro atoms. The van der Waals surface area contributed by atoms with Crippen LogP contribution in [-0.4, -0.2) is 42.6 Å². The van der Waals surface area contributed by atoms with Crippen molar-refractivity contribution >= 4 is 23.0 Å². The van der Waals surface area contributed by atoms with Crippen molar-refractivity contribution in [3.63, 3.8) is 0 Å². The number of carbonyl (C=O) groups is 1. The molecule has 4 rings (SSSR count). The van der Waals surface area contributed by atoms with Gasteiger partial charge in [0.2, 0.25) is 0 Å². The van der Waals surface area contributed by atoms with E-state index in [0.29, 0.717) is 30.0 Å². The summed E-state index contributed by atoms with van der Waals surface area (Å²) in [6.45, 7) is 4.66. The van der Waals surface area contributed by atoms with Gasteiger partial charge in [0.25, 0.3) is 5.91 Å². The van der Waals surface area contributed by atoms with Crippen LogP contribution in [0.2, 0.25) is 5.02 Å². The number of aliphatic hydroxyl groups excluding tert-OH is 1. The summed E-state index contributed by atoms with van der Waals surface area (Å²) in [7, 11) is 0. The number of nitrogens with one attached hydrogen (secondary N) is 1. The summed E-state index contributed by atoms with van der Waals surface area (Å²) < 4.78 is 3.56. The average Bonchev–Trinajstić information content (AvgIpc) is 3.31. The van der Waals surface area contributed by atoms with Crippen LogP contribution in [0.1, 0.15) is 34.5 Å². The highest BCUT2D eigenvalue weighted by Crippen LogP contribution is 2.28. The Morgan fingerprint density at radius 2 is 2.11 bits per heavy atom. The summed E-state index contributed by atoms with van der Waals surface area (Å²) in [5.74, 6) is 0.0233. The van der Waals surface area contributed by atoms with E-state index >= 15 is 0 Å². The number of hydrogen-bond donors (Lipinski definition) is 2. The second-order valence-corrected chi connectivity index (χ2v) is 7.76. The van der Waals surface area contributed by atoms with E-state index in [1.54, 1.807) is 27.8 Å². The van der Waals surface area contributed by atoms with Crippen molar-refractivity contribution in [3.05, 3.63) is 52.6 Å². The molecule has 1 aliphatic carbocycles. The maximum atomic E-state index is 12.8. The summed E-state index contributed by atoms with van der Waals surface area (Å²) in [5.41, 5.74) is 3.41. The van der Waals surface area contributed by atoms with Crippen molar-refractivity contribution in [3.8, 4) is 0 Å². The molecule has 142 valence electrons. The Labute approximate surface area is 161 Å². The molecule has 3 heterocycles. The van der Waals surface area contributed by atoms with Gasteiger partial charge in [-0.1, -0.05) is 17.7 Å². The van der Waals surface area contributed by atoms with E-state index in [4.69, 9.17) is 11.6 Å². The summed E-state index contributed by atoms with van der Waals surface area (Å²) in [5, 5.41) is 22.5. The van der Waals surface area contributed by atoms with Crippen LogP contribution in [0.15, 0.2) is 30.7 Å². The van der Waals surface area contributed by atoms with Crippen molar-refractivity contribution in [2.24, 2.45) is 5.92 Å². The first-order valence-corrected chi connectivity index (χ1v) is 9.41. The zero-order valence-electron chi connectivity index (χ0n) is 15.3. The maximum absolute atomic E-state index is 12.8. The fourth-order valence-corrected chi connectivity index (χ4v) is 3.98. The number of hydrogen-bond acceptors (Lipinski definition) is 4. The first-order valence-electron chi connectivity index (χ1n) is 9.03. The maximum Gasteiger partial charge on any atom is 0.255 e. The molecule has 2 N–H and O–H groups in total. The molecule has 1 fully saturated rings. The summed E-state index contributed by atoms with van der Waals surface area (Å²) >= 11 is 5.90. The van der Waals surface area contributed by atoms with E-state index in [2.05, 4.69) is 15.5 Å². The zero-order valence-corrected chi connectivity index (χ0v) is 16.0. The van der Waals surface area contributed by atoms with Gasteiger partial charge in [-0.15, -0.1) is 0 Å². The quantitative estimate of drug-likeness (QED) is 0.719. The van der Waals surface area contributed by atoms with Crippen LogP contribution < -0.4 is 5.32 Å². The van der Waals surface area contributed by atoms with Gasteiger partial charge in [-0.05, 0) is 44.2 Å². The van der Waals surface area contributed by atoms with Crippen molar-refractivity contribution < 1.29 is 9.90 Å². The third-order valence-corrected chi connectivity index (χ3v) is 5.62. The SMILES string of the molecule is Cc1ccc2c(C(=O)N[C@@H]3CC(Cn4cc(Cl)cn4)C[C@H]3O)cnn2c1C. The molecule has 0 aliphatic heterocycles. The van der Waals surface area contributed by atoms with Crippen LogP contribution in [0.5, 0.6) is 0 Å². The number of nitrogens with zero attached hydrogens (tertiary/aromatic N) is 4. The van der Waals surface area contributed by atoms with Gasteiger partial charge < -0.3 is 10.4 Å². The van der Waals surface area contributed by atoms with E-state index in [-0.39, 0.29) is 17.9 Å². The molecule has 7 nitrogen and oxygen atoms in total. The van der Waals surface area contributed by atoms with Gasteiger partial charge >= 0.3 is 0 Å². The van der Waals surface area contributed by atoms with E-state index in [1.807, 2.05) is 26.0 Å². The molecule has 0 bridgehead atoms. The van der Waals surface area contributed by atoms with Crippen molar-refractivity contribution in [1.82, 2.24) is 24.7 Å². The fraction of sp³-hybridized carbons (Fsp3) is 0.421. The van der Waals surface area contributed by atoms with Crippen molar-refractivity contribution in [1.29, 1.82) is 0 Å². The average molecular weight is 388 g/mol. The number of fused-ring (bicyclic) bond motifs is 1. The minimum atomic E-state index is -0.573. The smallest absolute Gasteiger partial charge is 0.255 e. The first-order chi connectivity index (χ1) is 12.9. The van der Waals surface area contributed by atoms with Gasteiger partial charge in [-0.3, -0.25) is 9.48 Å². The molecule has 3 aromatic heterocycles. The van der Waals surface area contributed by atoms with E-state index in [1.165, 1.54) is 0 Å². The topological polar surface area (TPSA) is 84.5 Å². The first kappa shape index (κ1) is 18.0. The van der Waals surface area contributed by atoms with Crippen molar-refractivity contribution in [2.45, 2.75) is 45.4 Å². The van der Waals surface area contributed by atoms with Gasteiger partial charge in [0, 0.05) is 18.4 Å². The lowest BCUT2D eigenvalue weighted by atomic mass is 10.1. The Balaban J connectivity index is 1.46. The third kappa shape index (κ3) is 3.44. The number of carbonyl (C=O) groups excluding carboxylic acids is 1. The second-order valence-electron chi connectivity index (χ2n) is 7.32. The molecule has 1 saturated carbocycles. The Kier molecular flexibility index (Phi) is 4.65. The minimum absolute atomic E-state index is 0.208. The van der Waals surface area contributed by atoms with Gasteiger partial charge in [0.1, 0.15) is 0 Å². The van der Waals surface area contributed by atoms with Gasteiger partial charge in [0.05, 0.1) is 40.6 Å². The van der Waals surface area contributed by atoms with Crippen LogP contribution in [0, 0.1) is 19.8 Å². The molecule has 1 unspecified atom stereocenters. The highest BCUT2D eigenvalue weighted by molar-refractivity contribution is 6.30. The van der Waals surface area contributed by atoms with E-state index < -0.39 is 6.10 Å². The van der Waals surface area contributed by atoms with Crippen LogP contribution >= 0.6 is 11.6 Å². The third-order valence-electron chi connectivity index (χ3n) is 5.42. The molecule has 3 atom stereocenters. The molecular weight excluding hydrogens is 366 g/mol. The van der Waals surface area contributed by atoms with Crippen LogP contribution in [0.25, 0.3) is 5.52 Å². The van der Waals surface area contributed by atoms with Gasteiger partial charge in [0.15, 0.2) is 0 Å². The fourth-order valence-electron chi connectivity index (χ4n) is 3.82. The standard InChI is InChI=1S/C19H22ClN5O2/c1-11-3-4-17-15(8-22-25(17)12(11)2)19(27)23-16-5-13(6-18(16)26)9-24-10-14(20)7-21-24/h3-4,7-8,10,13,16,18,26H,5-6,9H2,1-2H3,(H,23,27)/t13?,16-,18-/m1/s1. The number of halogens is 1. The molecular formula is C19H22ClN5O2. The zero-order chi connectivity index (χ0) is 19.1. The number of amides is 1. The van der Waals surface area contributed by atoms with Gasteiger partial charge in [-0.25, -0.2) is 4.52 Å². The number of aliphatic hydroxyl groups is 1. The number of aryl methyl sites for hydroxylation is 2. The molecule has 27 heavy (non-hydrogen) atoms. The molecule has 0 saturated heterocycles. The lowest BCUT2D eigenvalue weighted by molar-refractivity contribution is 0.0874. The highest BCUT2D eigenvalue weighted by atomic mass is 35.5. The minimum Gasteiger partial charge on any atom is -0.391 e. The van der Waals surface area contributed by atoms with Crippen LogP contribution in [-0.2, 0) is 6.54 Å². The molecule has 3 aromatic rings. The number of pyridine rings is 1. The largest absolute Gasteiger partial charge is 0.391 e. The number of aromatic nitrogens is 4. The van der Waals surface area contributed by atoms with E-state index in [0.717, 1.165) is 16.8 Å². The predicted molar refractivity (Wildman–Crippen MR) is 102 cm³/mol. The van der Waals surface area contributed by atoms with E-state index in [9.17, 15) is 9.90 Å². The molecule has 0 aromatic carbocycles. The lowest BCUT2D eigenvalue weighted by Gasteiger charge is -2.16. The Morgan fingerprint density at radius 1 is 1.30 bits per heavy atom. The summed E-state index contributed by atoms with van der Waals surface area (Å²) in [6, 6.07) is 3.60. The molecule has 1 amide bonds. The summed E-state index contributed by atoms with van der Waals surface area (Å²) in [4.78, 5) is 12.8. The summed E-state index contributed by atoms with van der Waals surface area (Å²) in [6.07, 6.45) is 5.69. The number of rotatable bonds is 4. The molecule has 8 heteroatoms. The molecule has 1 aliphatic rings. The predicted octanol–water partition coefficient (Wildman–Crippen LogP) is 2.37. The Hall–Kier alpha value is -2.38. The molecule has 0 radical (unpaired) electrons. The Bertz CT molecular complexity index is 995. The van der Waals surface area contributed by atoms with Crippen LogP contribution in [0.3, 0.4) is 0 Å². The highest BCUT2D eigenvalue weighted by Gasteiger charge is 2.34. The normalized spacial score (nSPS) is 22.4.